The predicted octanol–water partition coefficient (Wildman–Crippen LogP) is 4.59. The van der Waals surface area contributed by atoms with Gasteiger partial charge in [0.1, 0.15) is 0 Å². The predicted molar refractivity (Wildman–Crippen MR) is 81.7 cm³/mol. The van der Waals surface area contributed by atoms with Crippen molar-refractivity contribution < 1.29 is 0 Å². The maximum atomic E-state index is 3.10. The molecule has 2 rings (SSSR count). The summed E-state index contributed by atoms with van der Waals surface area (Å²) in [6.07, 6.45) is 2.04. The van der Waals surface area contributed by atoms with Gasteiger partial charge in [-0.3, -0.25) is 0 Å². The van der Waals surface area contributed by atoms with Crippen LogP contribution in [0.25, 0.3) is 0 Å². The van der Waals surface area contributed by atoms with Gasteiger partial charge in [-0.1, -0.05) is 59.9 Å². The summed E-state index contributed by atoms with van der Waals surface area (Å²) >= 11 is 3.54. The fourth-order valence-electron chi connectivity index (χ4n) is 1.41. The SMILES string of the molecule is CNC=C(Sc1ccccc1)Sc1ccccc1. The Hall–Kier alpha value is -1.32. The van der Waals surface area contributed by atoms with Gasteiger partial charge in [0, 0.05) is 23.0 Å². The minimum Gasteiger partial charge on any atom is -0.393 e. The normalized spacial score (nSPS) is 9.83. The van der Waals surface area contributed by atoms with E-state index in [0.717, 1.165) is 0 Å². The highest BCUT2D eigenvalue weighted by atomic mass is 32.2. The molecule has 0 saturated heterocycles. The third-order valence-corrected chi connectivity index (χ3v) is 4.34. The van der Waals surface area contributed by atoms with Gasteiger partial charge in [0.25, 0.3) is 0 Å². The van der Waals surface area contributed by atoms with E-state index in [9.17, 15) is 0 Å². The second-order valence-electron chi connectivity index (χ2n) is 3.58. The van der Waals surface area contributed by atoms with E-state index < -0.39 is 0 Å². The summed E-state index contributed by atoms with van der Waals surface area (Å²) in [7, 11) is 1.93. The van der Waals surface area contributed by atoms with E-state index in [0.29, 0.717) is 0 Å². The first-order chi connectivity index (χ1) is 8.88. The van der Waals surface area contributed by atoms with Gasteiger partial charge in [0.15, 0.2) is 0 Å². The van der Waals surface area contributed by atoms with Crippen LogP contribution in [-0.2, 0) is 0 Å². The molecule has 0 spiro atoms. The fourth-order valence-corrected chi connectivity index (χ4v) is 3.56. The molecule has 0 radical (unpaired) electrons. The third kappa shape index (κ3) is 4.17. The Labute approximate surface area is 117 Å². The number of thioether (sulfide) groups is 2. The van der Waals surface area contributed by atoms with E-state index in [1.807, 2.05) is 25.4 Å². The second-order valence-corrected chi connectivity index (χ2v) is 6.07. The van der Waals surface area contributed by atoms with Crippen LogP contribution in [0.4, 0.5) is 0 Å². The minimum absolute atomic E-state index is 1.23. The van der Waals surface area contributed by atoms with Crippen LogP contribution in [0.3, 0.4) is 0 Å². The Morgan fingerprint density at radius 2 is 1.28 bits per heavy atom. The van der Waals surface area contributed by atoms with E-state index in [1.54, 1.807) is 23.5 Å². The average Bonchev–Trinajstić information content (AvgIpc) is 2.41. The van der Waals surface area contributed by atoms with Crippen LogP contribution in [0, 0.1) is 0 Å². The third-order valence-electron chi connectivity index (χ3n) is 2.19. The molecule has 0 unspecified atom stereocenters. The topological polar surface area (TPSA) is 12.0 Å². The molecule has 2 aromatic carbocycles. The highest BCUT2D eigenvalue weighted by Gasteiger charge is 2.03. The summed E-state index contributed by atoms with van der Waals surface area (Å²) < 4.78 is 1.23. The van der Waals surface area contributed by atoms with Crippen molar-refractivity contribution in [2.75, 3.05) is 7.05 Å². The van der Waals surface area contributed by atoms with Crippen molar-refractivity contribution in [3.63, 3.8) is 0 Å². The van der Waals surface area contributed by atoms with E-state index in [2.05, 4.69) is 53.8 Å². The maximum absolute atomic E-state index is 3.10. The first-order valence-corrected chi connectivity index (χ1v) is 7.35. The molecule has 0 atom stereocenters. The summed E-state index contributed by atoms with van der Waals surface area (Å²) in [4.78, 5) is 2.50. The van der Waals surface area contributed by atoms with Crippen LogP contribution in [0.1, 0.15) is 0 Å². The largest absolute Gasteiger partial charge is 0.393 e. The molecule has 1 nitrogen and oxygen atoms in total. The molecule has 0 fully saturated rings. The molecule has 0 aliphatic carbocycles. The van der Waals surface area contributed by atoms with Crippen molar-refractivity contribution in [1.29, 1.82) is 0 Å². The first-order valence-electron chi connectivity index (χ1n) is 5.72. The van der Waals surface area contributed by atoms with Crippen LogP contribution in [-0.4, -0.2) is 7.05 Å². The lowest BCUT2D eigenvalue weighted by Crippen LogP contribution is -1.93. The Morgan fingerprint density at radius 3 is 1.67 bits per heavy atom. The molecule has 2 aromatic rings. The van der Waals surface area contributed by atoms with Crippen LogP contribution in [0.5, 0.6) is 0 Å². The molecule has 0 heterocycles. The minimum atomic E-state index is 1.23. The monoisotopic (exact) mass is 273 g/mol. The highest BCUT2D eigenvalue weighted by molar-refractivity contribution is 8.22. The fraction of sp³-hybridized carbons (Fsp3) is 0.0667. The quantitative estimate of drug-likeness (QED) is 0.800. The number of nitrogens with one attached hydrogen (secondary N) is 1. The van der Waals surface area contributed by atoms with Gasteiger partial charge < -0.3 is 5.32 Å². The number of benzene rings is 2. The number of hydrogen-bond acceptors (Lipinski definition) is 3. The van der Waals surface area contributed by atoms with Gasteiger partial charge >= 0.3 is 0 Å². The van der Waals surface area contributed by atoms with Crippen molar-refractivity contribution >= 4 is 23.5 Å². The molecule has 18 heavy (non-hydrogen) atoms. The summed E-state index contributed by atoms with van der Waals surface area (Å²) in [5, 5.41) is 3.10. The Bertz CT molecular complexity index is 451. The van der Waals surface area contributed by atoms with Gasteiger partial charge in [-0.15, -0.1) is 0 Å². The van der Waals surface area contributed by atoms with Gasteiger partial charge in [0.05, 0.1) is 4.24 Å². The molecule has 0 amide bonds. The van der Waals surface area contributed by atoms with Crippen molar-refractivity contribution in [1.82, 2.24) is 5.32 Å². The molecule has 0 saturated carbocycles. The zero-order chi connectivity index (χ0) is 12.6. The van der Waals surface area contributed by atoms with Crippen molar-refractivity contribution in [2.24, 2.45) is 0 Å². The Morgan fingerprint density at radius 1 is 0.833 bits per heavy atom. The molecule has 92 valence electrons. The zero-order valence-corrected chi connectivity index (χ0v) is 11.8. The van der Waals surface area contributed by atoms with E-state index >= 15 is 0 Å². The van der Waals surface area contributed by atoms with E-state index in [-0.39, 0.29) is 0 Å². The second kappa shape index (κ2) is 7.19. The summed E-state index contributed by atoms with van der Waals surface area (Å²) in [6, 6.07) is 20.8. The molecule has 3 heteroatoms. The van der Waals surface area contributed by atoms with Gasteiger partial charge in [-0.2, -0.15) is 0 Å². The van der Waals surface area contributed by atoms with Crippen LogP contribution in [0.15, 0.2) is 80.9 Å². The summed E-state index contributed by atoms with van der Waals surface area (Å²) in [5.74, 6) is 0. The summed E-state index contributed by atoms with van der Waals surface area (Å²) in [6.45, 7) is 0. The lowest BCUT2D eigenvalue weighted by Gasteiger charge is -2.07. The van der Waals surface area contributed by atoms with Gasteiger partial charge in [-0.25, -0.2) is 0 Å². The van der Waals surface area contributed by atoms with E-state index in [1.165, 1.54) is 14.0 Å². The average molecular weight is 273 g/mol. The van der Waals surface area contributed by atoms with Crippen molar-refractivity contribution in [2.45, 2.75) is 9.79 Å². The highest BCUT2D eigenvalue weighted by Crippen LogP contribution is 2.38. The van der Waals surface area contributed by atoms with Crippen LogP contribution < -0.4 is 5.32 Å². The number of hydrogen-bond donors (Lipinski definition) is 1. The Balaban J connectivity index is 2.08. The lowest BCUT2D eigenvalue weighted by atomic mass is 10.4. The molecule has 0 aliphatic heterocycles. The van der Waals surface area contributed by atoms with E-state index in [4.69, 9.17) is 0 Å². The van der Waals surface area contributed by atoms with Crippen molar-refractivity contribution in [3.8, 4) is 0 Å². The molecule has 0 aliphatic rings. The molecule has 1 N–H and O–H groups in total. The standard InChI is InChI=1S/C15H15NS2/c1-16-12-15(17-13-8-4-2-5-9-13)18-14-10-6-3-7-11-14/h2-12,16H,1H3. The van der Waals surface area contributed by atoms with Crippen LogP contribution >= 0.6 is 23.5 Å². The smallest absolute Gasteiger partial charge is 0.0655 e. The molecular formula is C15H15NS2. The van der Waals surface area contributed by atoms with Crippen molar-refractivity contribution in [3.05, 3.63) is 71.1 Å². The molecule has 0 aromatic heterocycles. The summed E-state index contributed by atoms with van der Waals surface area (Å²) in [5.41, 5.74) is 0. The number of rotatable bonds is 5. The van der Waals surface area contributed by atoms with Gasteiger partial charge in [0.2, 0.25) is 0 Å². The maximum Gasteiger partial charge on any atom is 0.0655 e. The zero-order valence-electron chi connectivity index (χ0n) is 10.2. The molecule has 0 bridgehead atoms. The van der Waals surface area contributed by atoms with Gasteiger partial charge in [-0.05, 0) is 24.3 Å². The molecular weight excluding hydrogens is 258 g/mol. The Kier molecular flexibility index (Phi) is 5.24. The van der Waals surface area contributed by atoms with Crippen LogP contribution in [0.2, 0.25) is 0 Å². The lowest BCUT2D eigenvalue weighted by molar-refractivity contribution is 1.10. The first kappa shape index (κ1) is 13.1.